The maximum absolute atomic E-state index is 9.27. The molecule has 0 bridgehead atoms. The Bertz CT molecular complexity index is 291. The van der Waals surface area contributed by atoms with Crippen LogP contribution in [0.4, 0.5) is 0 Å². The van der Waals surface area contributed by atoms with Crippen molar-refractivity contribution in [1.29, 1.82) is 0 Å². The van der Waals surface area contributed by atoms with Crippen LogP contribution in [0.2, 0.25) is 0 Å². The Hall–Kier alpha value is -1.42. The number of phenols is 1. The van der Waals surface area contributed by atoms with Crippen molar-refractivity contribution in [3.05, 3.63) is 29.8 Å². The molecule has 1 nitrogen and oxygen atoms in total. The van der Waals surface area contributed by atoms with Crippen molar-refractivity contribution in [1.82, 2.24) is 0 Å². The van der Waals surface area contributed by atoms with Crippen molar-refractivity contribution >= 4 is 0 Å². The molecule has 0 aromatic heterocycles. The first-order valence-electron chi connectivity index (χ1n) is 3.51. The largest absolute Gasteiger partial charge is 0.508 e. The van der Waals surface area contributed by atoms with E-state index in [2.05, 4.69) is 11.8 Å². The van der Waals surface area contributed by atoms with Gasteiger partial charge in [-0.15, -0.1) is 5.92 Å². The fourth-order valence-electron chi connectivity index (χ4n) is 0.844. The van der Waals surface area contributed by atoms with Crippen LogP contribution < -0.4 is 0 Å². The first-order chi connectivity index (χ1) is 5.34. The van der Waals surface area contributed by atoms with Gasteiger partial charge in [-0.3, -0.25) is 0 Å². The summed E-state index contributed by atoms with van der Waals surface area (Å²) in [4.78, 5) is 0. The molecule has 0 amide bonds. The van der Waals surface area contributed by atoms with E-state index in [4.69, 9.17) is 0 Å². The lowest BCUT2D eigenvalue weighted by atomic mass is 10.1. The maximum atomic E-state index is 9.27. The number of rotatable bonds is 1. The summed E-state index contributed by atoms with van der Waals surface area (Å²) < 4.78 is 0. The SMILES string of the molecule is CC#CCc1ccccc1O. The molecule has 1 rings (SSSR count). The van der Waals surface area contributed by atoms with Gasteiger partial charge in [0.15, 0.2) is 0 Å². The minimum atomic E-state index is 0.329. The number of aromatic hydroxyl groups is 1. The predicted octanol–water partition coefficient (Wildman–Crippen LogP) is 1.96. The topological polar surface area (TPSA) is 20.2 Å². The maximum Gasteiger partial charge on any atom is 0.119 e. The highest BCUT2D eigenvalue weighted by Gasteiger charge is 1.94. The van der Waals surface area contributed by atoms with Gasteiger partial charge in [0.1, 0.15) is 5.75 Å². The molecule has 0 unspecified atom stereocenters. The minimum absolute atomic E-state index is 0.329. The zero-order chi connectivity index (χ0) is 8.10. The molecule has 0 aliphatic carbocycles. The van der Waals surface area contributed by atoms with Crippen molar-refractivity contribution in [3.63, 3.8) is 0 Å². The molecular formula is C10H10O. The van der Waals surface area contributed by atoms with Crippen molar-refractivity contribution in [2.75, 3.05) is 0 Å². The van der Waals surface area contributed by atoms with E-state index < -0.39 is 0 Å². The van der Waals surface area contributed by atoms with Crippen LogP contribution in [0.3, 0.4) is 0 Å². The Morgan fingerprint density at radius 1 is 1.36 bits per heavy atom. The van der Waals surface area contributed by atoms with Gasteiger partial charge in [-0.05, 0) is 13.0 Å². The van der Waals surface area contributed by atoms with Gasteiger partial charge >= 0.3 is 0 Å². The van der Waals surface area contributed by atoms with Crippen LogP contribution in [0.1, 0.15) is 12.5 Å². The molecule has 1 aromatic rings. The molecule has 0 spiro atoms. The molecule has 1 N–H and O–H groups in total. The fraction of sp³-hybridized carbons (Fsp3) is 0.200. The highest BCUT2D eigenvalue weighted by Crippen LogP contribution is 2.15. The van der Waals surface area contributed by atoms with Crippen LogP contribution in [-0.2, 0) is 6.42 Å². The van der Waals surface area contributed by atoms with Crippen LogP contribution >= 0.6 is 0 Å². The van der Waals surface area contributed by atoms with Crippen LogP contribution in [0, 0.1) is 11.8 Å². The lowest BCUT2D eigenvalue weighted by Gasteiger charge is -1.97. The third-order valence-corrected chi connectivity index (χ3v) is 1.45. The molecule has 56 valence electrons. The van der Waals surface area contributed by atoms with Crippen LogP contribution in [0.5, 0.6) is 5.75 Å². The first-order valence-corrected chi connectivity index (χ1v) is 3.51. The van der Waals surface area contributed by atoms with Crippen molar-refractivity contribution in [3.8, 4) is 17.6 Å². The van der Waals surface area contributed by atoms with Crippen molar-refractivity contribution in [2.24, 2.45) is 0 Å². The van der Waals surface area contributed by atoms with E-state index in [1.165, 1.54) is 0 Å². The predicted molar refractivity (Wildman–Crippen MR) is 45.3 cm³/mol. The third-order valence-electron chi connectivity index (χ3n) is 1.45. The molecule has 11 heavy (non-hydrogen) atoms. The number of hydrogen-bond donors (Lipinski definition) is 1. The smallest absolute Gasteiger partial charge is 0.119 e. The van der Waals surface area contributed by atoms with Gasteiger partial charge in [0, 0.05) is 12.0 Å². The van der Waals surface area contributed by atoms with Gasteiger partial charge in [-0.1, -0.05) is 24.1 Å². The van der Waals surface area contributed by atoms with Gasteiger partial charge in [0.05, 0.1) is 0 Å². The second kappa shape index (κ2) is 3.68. The van der Waals surface area contributed by atoms with Crippen LogP contribution in [0.15, 0.2) is 24.3 Å². The first kappa shape index (κ1) is 7.68. The lowest BCUT2D eigenvalue weighted by molar-refractivity contribution is 0.470. The molecule has 0 atom stereocenters. The molecule has 0 radical (unpaired) electrons. The minimum Gasteiger partial charge on any atom is -0.508 e. The Balaban J connectivity index is 2.83. The van der Waals surface area contributed by atoms with E-state index in [9.17, 15) is 5.11 Å². The molecule has 0 saturated carbocycles. The monoisotopic (exact) mass is 146 g/mol. The van der Waals surface area contributed by atoms with Crippen LogP contribution in [0.25, 0.3) is 0 Å². The summed E-state index contributed by atoms with van der Waals surface area (Å²) >= 11 is 0. The number of phenolic OH excluding ortho intramolecular Hbond substituents is 1. The quantitative estimate of drug-likeness (QED) is 0.600. The summed E-state index contributed by atoms with van der Waals surface area (Å²) in [6.07, 6.45) is 0.628. The van der Waals surface area contributed by atoms with E-state index in [0.29, 0.717) is 12.2 Å². The number of hydrogen-bond acceptors (Lipinski definition) is 1. The summed E-state index contributed by atoms with van der Waals surface area (Å²) in [5, 5.41) is 9.27. The Labute approximate surface area is 66.7 Å². The average molecular weight is 146 g/mol. The molecule has 0 aliphatic rings. The molecule has 1 aromatic carbocycles. The van der Waals surface area contributed by atoms with Crippen LogP contribution in [-0.4, -0.2) is 5.11 Å². The zero-order valence-electron chi connectivity index (χ0n) is 6.46. The van der Waals surface area contributed by atoms with E-state index in [1.54, 1.807) is 19.1 Å². The summed E-state index contributed by atoms with van der Waals surface area (Å²) in [6.45, 7) is 1.79. The number of para-hydroxylation sites is 1. The van der Waals surface area contributed by atoms with E-state index in [-0.39, 0.29) is 0 Å². The van der Waals surface area contributed by atoms with Crippen molar-refractivity contribution < 1.29 is 5.11 Å². The highest BCUT2D eigenvalue weighted by atomic mass is 16.3. The van der Waals surface area contributed by atoms with Crippen molar-refractivity contribution in [2.45, 2.75) is 13.3 Å². The van der Waals surface area contributed by atoms with Gasteiger partial charge in [-0.25, -0.2) is 0 Å². The normalized spacial score (nSPS) is 8.45. The highest BCUT2D eigenvalue weighted by molar-refractivity contribution is 5.34. The summed E-state index contributed by atoms with van der Waals surface area (Å²) in [6, 6.07) is 7.25. The zero-order valence-corrected chi connectivity index (χ0v) is 6.46. The average Bonchev–Trinajstić information content (AvgIpc) is 2.03. The molecule has 0 fully saturated rings. The molecule has 0 aliphatic heterocycles. The molecule has 0 saturated heterocycles. The molecular weight excluding hydrogens is 136 g/mol. The van der Waals surface area contributed by atoms with E-state index in [0.717, 1.165) is 5.56 Å². The Morgan fingerprint density at radius 3 is 2.73 bits per heavy atom. The summed E-state index contributed by atoms with van der Waals surface area (Å²) in [5.74, 6) is 6.01. The fourth-order valence-corrected chi connectivity index (χ4v) is 0.844. The third kappa shape index (κ3) is 2.01. The second-order valence-electron chi connectivity index (χ2n) is 2.23. The van der Waals surface area contributed by atoms with Gasteiger partial charge in [-0.2, -0.15) is 0 Å². The van der Waals surface area contributed by atoms with Gasteiger partial charge < -0.3 is 5.11 Å². The number of benzene rings is 1. The van der Waals surface area contributed by atoms with E-state index in [1.807, 2.05) is 12.1 Å². The Kier molecular flexibility index (Phi) is 2.57. The molecule has 0 heterocycles. The summed E-state index contributed by atoms with van der Waals surface area (Å²) in [7, 11) is 0. The lowest BCUT2D eigenvalue weighted by Crippen LogP contribution is -1.80. The van der Waals surface area contributed by atoms with Gasteiger partial charge in [0.25, 0.3) is 0 Å². The standard InChI is InChI=1S/C10H10O/c1-2-3-6-9-7-4-5-8-10(9)11/h4-5,7-8,11H,6H2,1H3. The summed E-state index contributed by atoms with van der Waals surface area (Å²) in [5.41, 5.74) is 0.891. The second-order valence-corrected chi connectivity index (χ2v) is 2.23. The molecule has 1 heteroatoms. The Morgan fingerprint density at radius 2 is 2.09 bits per heavy atom. The van der Waals surface area contributed by atoms with E-state index >= 15 is 0 Å². The van der Waals surface area contributed by atoms with Gasteiger partial charge in [0.2, 0.25) is 0 Å².